The van der Waals surface area contributed by atoms with E-state index in [9.17, 15) is 14.4 Å². The molecule has 0 aliphatic rings. The standard InChI is InChI=1S/C37H51N7O3/c1-37(2,40)21-13-18-33(45)43(3)32(26-28-19-20-29-16-9-10-17-30(29)24-28)35(47)44(4)31(25-27-14-7-5-8-15-27)34(46)41-22-11-6-12-23-42-36(38)39/h5,7-10,13-20,24,31-32H,6,11-12,21-23,25-26,40H2,1-4H3,(H,41,46)(H4,38,39,42)/b18-13+/t31-,32-/m1/s1. The van der Waals surface area contributed by atoms with Crippen LogP contribution >= 0.6 is 0 Å². The van der Waals surface area contributed by atoms with Gasteiger partial charge in [-0.1, -0.05) is 78.9 Å². The maximum Gasteiger partial charge on any atom is 0.246 e. The third-order valence-electron chi connectivity index (χ3n) is 8.11. The van der Waals surface area contributed by atoms with Gasteiger partial charge in [-0.3, -0.25) is 19.8 Å². The summed E-state index contributed by atoms with van der Waals surface area (Å²) in [4.78, 5) is 44.4. The molecule has 3 aromatic rings. The summed E-state index contributed by atoms with van der Waals surface area (Å²) in [5.41, 5.74) is 12.8. The molecule has 0 saturated heterocycles. The number of guanidine groups is 1. The van der Waals surface area contributed by atoms with E-state index in [1.165, 1.54) is 15.9 Å². The highest BCUT2D eigenvalue weighted by molar-refractivity contribution is 5.95. The molecule has 3 amide bonds. The van der Waals surface area contributed by atoms with Gasteiger partial charge in [0.25, 0.3) is 0 Å². The Labute approximate surface area is 279 Å². The number of carbonyl (C=O) groups excluding carboxylic acids is 3. The van der Waals surface area contributed by atoms with Crippen LogP contribution in [0.15, 0.2) is 84.9 Å². The molecule has 7 N–H and O–H groups in total. The number of carbonyl (C=O) groups is 3. The van der Waals surface area contributed by atoms with Crippen LogP contribution in [0.5, 0.6) is 0 Å². The van der Waals surface area contributed by atoms with E-state index in [0.717, 1.165) is 41.2 Å². The van der Waals surface area contributed by atoms with E-state index >= 15 is 0 Å². The van der Waals surface area contributed by atoms with Crippen LogP contribution in [0.4, 0.5) is 0 Å². The van der Waals surface area contributed by atoms with Crippen molar-refractivity contribution in [3.63, 3.8) is 0 Å². The topological polar surface area (TPSA) is 158 Å². The number of unbranched alkanes of at least 4 members (excludes halogenated alkanes) is 2. The zero-order valence-corrected chi connectivity index (χ0v) is 28.2. The minimum atomic E-state index is -0.857. The first-order chi connectivity index (χ1) is 22.4. The van der Waals surface area contributed by atoms with Crippen LogP contribution < -0.4 is 22.1 Å². The van der Waals surface area contributed by atoms with Crippen LogP contribution in [0.3, 0.4) is 0 Å². The molecular weight excluding hydrogens is 590 g/mol. The molecule has 10 heteroatoms. The first-order valence-corrected chi connectivity index (χ1v) is 16.2. The van der Waals surface area contributed by atoms with Crippen LogP contribution in [-0.4, -0.2) is 78.3 Å². The fourth-order valence-corrected chi connectivity index (χ4v) is 5.32. The van der Waals surface area contributed by atoms with Crippen LogP contribution in [0, 0.1) is 5.41 Å². The molecular formula is C37H51N7O3. The summed E-state index contributed by atoms with van der Waals surface area (Å²) >= 11 is 0. The Morgan fingerprint density at radius 2 is 1.43 bits per heavy atom. The number of likely N-dealkylation sites (N-methyl/N-ethyl adjacent to an activating group) is 2. The molecule has 0 saturated carbocycles. The number of nitrogens with two attached hydrogens (primary N) is 2. The van der Waals surface area contributed by atoms with E-state index in [4.69, 9.17) is 16.9 Å². The van der Waals surface area contributed by atoms with E-state index < -0.39 is 17.6 Å². The van der Waals surface area contributed by atoms with Gasteiger partial charge in [0.05, 0.1) is 0 Å². The smallest absolute Gasteiger partial charge is 0.246 e. The van der Waals surface area contributed by atoms with Gasteiger partial charge in [0, 0.05) is 45.6 Å². The van der Waals surface area contributed by atoms with E-state index in [0.29, 0.717) is 25.9 Å². The monoisotopic (exact) mass is 641 g/mol. The predicted molar refractivity (Wildman–Crippen MR) is 190 cm³/mol. The van der Waals surface area contributed by atoms with E-state index in [-0.39, 0.29) is 30.1 Å². The zero-order valence-electron chi connectivity index (χ0n) is 28.2. The van der Waals surface area contributed by atoms with E-state index in [1.54, 1.807) is 20.2 Å². The van der Waals surface area contributed by atoms with Gasteiger partial charge in [-0.2, -0.15) is 0 Å². The third kappa shape index (κ3) is 12.2. The minimum Gasteiger partial charge on any atom is -0.370 e. The lowest BCUT2D eigenvalue weighted by Gasteiger charge is -2.34. The number of nitrogens with zero attached hydrogens (tertiary/aromatic N) is 2. The molecule has 0 fully saturated rings. The van der Waals surface area contributed by atoms with Crippen molar-refractivity contribution in [2.75, 3.05) is 27.2 Å². The normalized spacial score (nSPS) is 12.8. The first kappa shape index (κ1) is 36.8. The molecule has 0 heterocycles. The second-order valence-electron chi connectivity index (χ2n) is 12.8. The molecule has 0 bridgehead atoms. The van der Waals surface area contributed by atoms with E-state index in [1.807, 2.05) is 86.6 Å². The third-order valence-corrected chi connectivity index (χ3v) is 8.11. The number of benzene rings is 3. The van der Waals surface area contributed by atoms with Gasteiger partial charge in [-0.05, 0) is 67.5 Å². The fraction of sp³-hybridized carbons (Fsp3) is 0.405. The number of nitrogens with one attached hydrogen (secondary N) is 3. The van der Waals surface area contributed by atoms with Gasteiger partial charge in [0.1, 0.15) is 12.1 Å². The average Bonchev–Trinajstić information content (AvgIpc) is 3.04. The largest absolute Gasteiger partial charge is 0.370 e. The van der Waals surface area contributed by atoms with Crippen LogP contribution in [-0.2, 0) is 27.2 Å². The maximum atomic E-state index is 14.4. The Kier molecular flexibility index (Phi) is 14.0. The summed E-state index contributed by atoms with van der Waals surface area (Å²) in [6.45, 7) is 4.82. The number of hydrogen-bond donors (Lipinski definition) is 5. The molecule has 2 atom stereocenters. The summed E-state index contributed by atoms with van der Waals surface area (Å²) in [5, 5.41) is 15.2. The second kappa shape index (κ2) is 17.9. The van der Waals surface area contributed by atoms with Crippen molar-refractivity contribution in [1.29, 1.82) is 5.41 Å². The van der Waals surface area contributed by atoms with Crippen LogP contribution in [0.1, 0.15) is 50.7 Å². The Bertz CT molecular complexity index is 1520. The molecule has 3 rings (SSSR count). The number of amides is 3. The van der Waals surface area contributed by atoms with Crippen LogP contribution in [0.25, 0.3) is 10.8 Å². The molecule has 47 heavy (non-hydrogen) atoms. The quantitative estimate of drug-likeness (QED) is 0.0654. The highest BCUT2D eigenvalue weighted by atomic mass is 16.2. The lowest BCUT2D eigenvalue weighted by Crippen LogP contribution is -2.56. The molecule has 10 nitrogen and oxygen atoms in total. The first-order valence-electron chi connectivity index (χ1n) is 16.2. The lowest BCUT2D eigenvalue weighted by molar-refractivity contribution is -0.146. The van der Waals surface area contributed by atoms with E-state index in [2.05, 4.69) is 10.6 Å². The van der Waals surface area contributed by atoms with Gasteiger partial charge in [-0.15, -0.1) is 0 Å². The SMILES string of the molecule is CN(C(=O)/C=C/CC(C)(C)N)[C@H](Cc1ccc2ccccc2c1)C(=O)N(C)[C@H](Cc1ccccc1)C(=O)NCCCCCNC(=N)N. The summed E-state index contributed by atoms with van der Waals surface area (Å²) < 4.78 is 0. The van der Waals surface area contributed by atoms with Crippen molar-refractivity contribution in [3.05, 3.63) is 96.1 Å². The molecule has 3 aromatic carbocycles. The van der Waals surface area contributed by atoms with Crippen molar-refractivity contribution in [1.82, 2.24) is 20.4 Å². The van der Waals surface area contributed by atoms with Gasteiger partial charge in [0.15, 0.2) is 5.96 Å². The Balaban J connectivity index is 1.85. The minimum absolute atomic E-state index is 0.0587. The molecule has 252 valence electrons. The number of hydrogen-bond acceptors (Lipinski definition) is 5. The predicted octanol–water partition coefficient (Wildman–Crippen LogP) is 3.73. The average molecular weight is 642 g/mol. The van der Waals surface area contributed by atoms with Crippen molar-refractivity contribution in [2.45, 2.75) is 70.0 Å². The molecule has 0 spiro atoms. The molecule has 0 aliphatic heterocycles. The van der Waals surface area contributed by atoms with Crippen molar-refractivity contribution >= 4 is 34.5 Å². The second-order valence-corrected chi connectivity index (χ2v) is 12.8. The Morgan fingerprint density at radius 1 is 0.809 bits per heavy atom. The molecule has 0 aromatic heterocycles. The summed E-state index contributed by atoms with van der Waals surface area (Å²) in [7, 11) is 3.27. The molecule has 0 radical (unpaired) electrons. The highest BCUT2D eigenvalue weighted by Crippen LogP contribution is 2.20. The number of fused-ring (bicyclic) bond motifs is 1. The highest BCUT2D eigenvalue weighted by Gasteiger charge is 2.34. The van der Waals surface area contributed by atoms with Gasteiger partial charge < -0.3 is 31.9 Å². The van der Waals surface area contributed by atoms with Crippen LogP contribution in [0.2, 0.25) is 0 Å². The maximum absolute atomic E-state index is 14.4. The molecule has 0 aliphatic carbocycles. The summed E-state index contributed by atoms with van der Waals surface area (Å²) in [5.74, 6) is -0.954. The fourth-order valence-electron chi connectivity index (χ4n) is 5.32. The van der Waals surface area contributed by atoms with Crippen molar-refractivity contribution in [3.8, 4) is 0 Å². The zero-order chi connectivity index (χ0) is 34.4. The van der Waals surface area contributed by atoms with Gasteiger partial charge in [0.2, 0.25) is 17.7 Å². The Hall–Kier alpha value is -4.70. The van der Waals surface area contributed by atoms with Crippen molar-refractivity contribution < 1.29 is 14.4 Å². The summed E-state index contributed by atoms with van der Waals surface area (Å²) in [6, 6.07) is 22.0. The number of rotatable bonds is 17. The van der Waals surface area contributed by atoms with Gasteiger partial charge >= 0.3 is 0 Å². The lowest BCUT2D eigenvalue weighted by atomic mass is 9.98. The Morgan fingerprint density at radius 3 is 2.09 bits per heavy atom. The molecule has 0 unspecified atom stereocenters. The van der Waals surface area contributed by atoms with Crippen molar-refractivity contribution in [2.24, 2.45) is 11.5 Å². The van der Waals surface area contributed by atoms with Gasteiger partial charge in [-0.25, -0.2) is 0 Å². The summed E-state index contributed by atoms with van der Waals surface area (Å²) in [6.07, 6.45) is 6.71.